The number of alkyl halides is 1. The highest BCUT2D eigenvalue weighted by atomic mass is 79.9. The average molecular weight is 245 g/mol. The Labute approximate surface area is 88.5 Å². The van der Waals surface area contributed by atoms with Gasteiger partial charge in [-0.15, -0.1) is 0 Å². The molecule has 1 unspecified atom stereocenters. The molecule has 0 fully saturated rings. The van der Waals surface area contributed by atoms with Crippen molar-refractivity contribution >= 4 is 15.9 Å². The molecule has 1 atom stereocenters. The molecule has 1 rings (SSSR count). The third kappa shape index (κ3) is 3.14. The van der Waals surface area contributed by atoms with E-state index >= 15 is 0 Å². The summed E-state index contributed by atoms with van der Waals surface area (Å²) in [6.45, 7) is 4.52. The summed E-state index contributed by atoms with van der Waals surface area (Å²) in [4.78, 5) is 0. The first-order valence-corrected chi connectivity index (χ1v) is 5.80. The van der Waals surface area contributed by atoms with E-state index in [1.165, 1.54) is 5.69 Å². The van der Waals surface area contributed by atoms with Gasteiger partial charge in [0, 0.05) is 18.6 Å². The van der Waals surface area contributed by atoms with Crippen LogP contribution in [0.1, 0.15) is 19.5 Å². The van der Waals surface area contributed by atoms with Gasteiger partial charge in [-0.25, -0.2) is 0 Å². The van der Waals surface area contributed by atoms with Crippen molar-refractivity contribution in [1.29, 1.82) is 0 Å². The molecule has 0 aliphatic carbocycles. The zero-order valence-corrected chi connectivity index (χ0v) is 10.1. The molecule has 0 saturated carbocycles. The molecule has 0 saturated heterocycles. The van der Waals surface area contributed by atoms with Gasteiger partial charge in [0.05, 0.1) is 5.69 Å². The van der Waals surface area contributed by atoms with Crippen molar-refractivity contribution < 1.29 is 0 Å². The van der Waals surface area contributed by atoms with Crippen LogP contribution in [0.25, 0.3) is 0 Å². The van der Waals surface area contributed by atoms with Crippen molar-refractivity contribution in [2.45, 2.75) is 20.3 Å². The Hall–Kier alpha value is -0.310. The minimum absolute atomic E-state index is 0.690. The first-order valence-electron chi connectivity index (χ1n) is 4.68. The molecule has 0 aromatic carbocycles. The number of hydrogen-bond acceptors (Lipinski definition) is 1. The molecular weight excluding hydrogens is 228 g/mol. The molecule has 2 nitrogen and oxygen atoms in total. The molecule has 3 heteroatoms. The Balaban J connectivity index is 2.56. The maximum absolute atomic E-state index is 4.38. The van der Waals surface area contributed by atoms with Crippen LogP contribution < -0.4 is 0 Å². The average Bonchev–Trinajstić information content (AvgIpc) is 2.46. The number of rotatable bonds is 4. The lowest BCUT2D eigenvalue weighted by Gasteiger charge is -2.16. The van der Waals surface area contributed by atoms with E-state index in [0.29, 0.717) is 11.8 Å². The van der Waals surface area contributed by atoms with Gasteiger partial charge < -0.3 is 0 Å². The summed E-state index contributed by atoms with van der Waals surface area (Å²) >= 11 is 3.55. The normalized spacial score (nSPS) is 13.6. The Morgan fingerprint density at radius 2 is 2.23 bits per heavy atom. The van der Waals surface area contributed by atoms with Crippen LogP contribution in [-0.4, -0.2) is 15.1 Å². The lowest BCUT2D eigenvalue weighted by molar-refractivity contribution is 0.422. The van der Waals surface area contributed by atoms with Crippen LogP contribution in [0.2, 0.25) is 0 Å². The number of nitrogens with zero attached hydrogens (tertiary/aromatic N) is 2. The second-order valence-electron chi connectivity index (χ2n) is 3.84. The number of aromatic nitrogens is 2. The van der Waals surface area contributed by atoms with Gasteiger partial charge in [-0.3, -0.25) is 4.68 Å². The van der Waals surface area contributed by atoms with Crippen molar-refractivity contribution in [3.05, 3.63) is 18.0 Å². The highest BCUT2D eigenvalue weighted by Crippen LogP contribution is 2.18. The Kier molecular flexibility index (Phi) is 3.97. The first kappa shape index (κ1) is 10.8. The van der Waals surface area contributed by atoms with Crippen LogP contribution >= 0.6 is 15.9 Å². The summed E-state index contributed by atoms with van der Waals surface area (Å²) in [6, 6.07) is 2.10. The van der Waals surface area contributed by atoms with E-state index < -0.39 is 0 Å². The fraction of sp³-hybridized carbons (Fsp3) is 0.700. The maximum Gasteiger partial charge on any atom is 0.0627 e. The zero-order valence-electron chi connectivity index (χ0n) is 8.50. The summed E-state index contributed by atoms with van der Waals surface area (Å²) in [5, 5.41) is 5.43. The summed E-state index contributed by atoms with van der Waals surface area (Å²) in [5.74, 6) is 1.40. The fourth-order valence-electron chi connectivity index (χ4n) is 1.31. The lowest BCUT2D eigenvalue weighted by atomic mass is 9.93. The van der Waals surface area contributed by atoms with Crippen LogP contribution in [0.15, 0.2) is 12.3 Å². The van der Waals surface area contributed by atoms with E-state index in [9.17, 15) is 0 Å². The molecule has 1 aromatic rings. The molecule has 0 aliphatic heterocycles. The Morgan fingerprint density at radius 1 is 1.54 bits per heavy atom. The predicted octanol–water partition coefficient (Wildman–Crippen LogP) is 2.63. The van der Waals surface area contributed by atoms with E-state index in [-0.39, 0.29) is 0 Å². The third-order valence-electron chi connectivity index (χ3n) is 2.38. The van der Waals surface area contributed by atoms with E-state index in [1.54, 1.807) is 0 Å². The molecule has 0 N–H and O–H groups in total. The monoisotopic (exact) mass is 244 g/mol. The minimum Gasteiger partial charge on any atom is -0.276 e. The molecule has 1 aromatic heterocycles. The predicted molar refractivity (Wildman–Crippen MR) is 59.0 cm³/mol. The van der Waals surface area contributed by atoms with Crippen molar-refractivity contribution in [2.24, 2.45) is 18.9 Å². The van der Waals surface area contributed by atoms with Gasteiger partial charge in [-0.1, -0.05) is 29.8 Å². The first-order chi connectivity index (χ1) is 6.13. The molecule has 13 heavy (non-hydrogen) atoms. The van der Waals surface area contributed by atoms with Gasteiger partial charge >= 0.3 is 0 Å². The van der Waals surface area contributed by atoms with E-state index in [2.05, 4.69) is 40.9 Å². The third-order valence-corrected chi connectivity index (χ3v) is 3.21. The zero-order chi connectivity index (χ0) is 9.84. The van der Waals surface area contributed by atoms with Gasteiger partial charge in [0.25, 0.3) is 0 Å². The Morgan fingerprint density at radius 3 is 2.62 bits per heavy atom. The molecular formula is C10H17BrN2. The number of aryl methyl sites for hydroxylation is 1. The quantitative estimate of drug-likeness (QED) is 0.745. The number of hydrogen-bond donors (Lipinski definition) is 0. The van der Waals surface area contributed by atoms with E-state index in [0.717, 1.165) is 11.8 Å². The second kappa shape index (κ2) is 4.80. The highest BCUT2D eigenvalue weighted by Gasteiger charge is 2.13. The van der Waals surface area contributed by atoms with Crippen LogP contribution in [0.3, 0.4) is 0 Å². The van der Waals surface area contributed by atoms with Gasteiger partial charge in [0.1, 0.15) is 0 Å². The molecule has 0 aliphatic rings. The maximum atomic E-state index is 4.38. The topological polar surface area (TPSA) is 17.8 Å². The van der Waals surface area contributed by atoms with Gasteiger partial charge in [-0.2, -0.15) is 5.10 Å². The summed E-state index contributed by atoms with van der Waals surface area (Å²) in [7, 11) is 1.96. The SMILES string of the molecule is CC(C)C(CBr)Cc1ccn(C)n1. The van der Waals surface area contributed by atoms with Crippen molar-refractivity contribution in [3.63, 3.8) is 0 Å². The molecule has 1 heterocycles. The van der Waals surface area contributed by atoms with Crippen LogP contribution in [0.4, 0.5) is 0 Å². The van der Waals surface area contributed by atoms with Gasteiger partial charge in [-0.05, 0) is 24.3 Å². The molecule has 0 radical (unpaired) electrons. The molecule has 0 spiro atoms. The lowest BCUT2D eigenvalue weighted by Crippen LogP contribution is -2.13. The molecule has 0 bridgehead atoms. The number of halogens is 1. The van der Waals surface area contributed by atoms with Gasteiger partial charge in [0.2, 0.25) is 0 Å². The summed E-state index contributed by atoms with van der Waals surface area (Å²) < 4.78 is 1.86. The van der Waals surface area contributed by atoms with E-state index in [4.69, 9.17) is 0 Å². The second-order valence-corrected chi connectivity index (χ2v) is 4.49. The fourth-order valence-corrected chi connectivity index (χ4v) is 2.29. The summed E-state index contributed by atoms with van der Waals surface area (Å²) in [6.07, 6.45) is 3.07. The largest absolute Gasteiger partial charge is 0.276 e. The standard InChI is InChI=1S/C10H17BrN2/c1-8(2)9(7-11)6-10-4-5-13(3)12-10/h4-5,8-9H,6-7H2,1-3H3. The van der Waals surface area contributed by atoms with Crippen LogP contribution in [0.5, 0.6) is 0 Å². The van der Waals surface area contributed by atoms with E-state index in [1.807, 2.05) is 17.9 Å². The summed E-state index contributed by atoms with van der Waals surface area (Å²) in [5.41, 5.74) is 1.20. The smallest absolute Gasteiger partial charge is 0.0627 e. The van der Waals surface area contributed by atoms with Gasteiger partial charge in [0.15, 0.2) is 0 Å². The van der Waals surface area contributed by atoms with Crippen molar-refractivity contribution in [1.82, 2.24) is 9.78 Å². The molecule has 0 amide bonds. The van der Waals surface area contributed by atoms with Crippen LogP contribution in [-0.2, 0) is 13.5 Å². The van der Waals surface area contributed by atoms with Crippen molar-refractivity contribution in [2.75, 3.05) is 5.33 Å². The highest BCUT2D eigenvalue weighted by molar-refractivity contribution is 9.09. The Bertz CT molecular complexity index is 255. The minimum atomic E-state index is 0.690. The van der Waals surface area contributed by atoms with Crippen LogP contribution in [0, 0.1) is 11.8 Å². The molecule has 74 valence electrons. The van der Waals surface area contributed by atoms with Crippen molar-refractivity contribution in [3.8, 4) is 0 Å².